The fourth-order valence-corrected chi connectivity index (χ4v) is 2.33. The topological polar surface area (TPSA) is 45.2 Å². The Balaban J connectivity index is 0.00000180. The van der Waals surface area contributed by atoms with Gasteiger partial charge in [-0.1, -0.05) is 6.07 Å². The maximum atomic E-state index is 12.2. The van der Waals surface area contributed by atoms with E-state index in [9.17, 15) is 4.79 Å². The van der Waals surface area contributed by atoms with Gasteiger partial charge in [-0.15, -0.1) is 24.8 Å². The van der Waals surface area contributed by atoms with E-state index < -0.39 is 0 Å². The number of carbonyl (C=O) groups is 1. The van der Waals surface area contributed by atoms with E-state index in [4.69, 9.17) is 0 Å². The second-order valence-electron chi connectivity index (χ2n) is 4.95. The van der Waals surface area contributed by atoms with Crippen LogP contribution in [-0.4, -0.2) is 42.0 Å². The first-order chi connectivity index (χ1) is 8.69. The molecule has 2 rings (SSSR count). The number of aromatic nitrogens is 1. The van der Waals surface area contributed by atoms with Gasteiger partial charge in [-0.2, -0.15) is 0 Å². The first-order valence-corrected chi connectivity index (χ1v) is 6.55. The molecule has 1 aliphatic heterocycles. The highest BCUT2D eigenvalue weighted by atomic mass is 35.5. The molecule has 20 heavy (non-hydrogen) atoms. The summed E-state index contributed by atoms with van der Waals surface area (Å²) in [5, 5.41) is 3.25. The molecular weight excluding hydrogens is 297 g/mol. The average Bonchev–Trinajstić information content (AvgIpc) is 2.41. The predicted molar refractivity (Wildman–Crippen MR) is 85.8 cm³/mol. The fourth-order valence-electron chi connectivity index (χ4n) is 2.33. The lowest BCUT2D eigenvalue weighted by molar-refractivity contribution is -0.131. The lowest BCUT2D eigenvalue weighted by Gasteiger charge is -2.32. The Bertz CT molecular complexity index is 411. The van der Waals surface area contributed by atoms with Gasteiger partial charge >= 0.3 is 0 Å². The van der Waals surface area contributed by atoms with Crippen LogP contribution in [0.3, 0.4) is 0 Å². The molecule has 1 fully saturated rings. The number of hydrogen-bond donors (Lipinski definition) is 1. The minimum atomic E-state index is 0. The summed E-state index contributed by atoms with van der Waals surface area (Å²) in [5.74, 6) is 0.209. The lowest BCUT2D eigenvalue weighted by Crippen LogP contribution is -2.47. The number of nitrogens with zero attached hydrogens (tertiary/aromatic N) is 2. The molecule has 1 unspecified atom stereocenters. The van der Waals surface area contributed by atoms with E-state index in [1.54, 1.807) is 6.20 Å². The minimum Gasteiger partial charge on any atom is -0.341 e. The summed E-state index contributed by atoms with van der Waals surface area (Å²) in [4.78, 5) is 18.4. The largest absolute Gasteiger partial charge is 0.341 e. The van der Waals surface area contributed by atoms with Crippen LogP contribution in [0.1, 0.15) is 24.1 Å². The SMILES string of the molecule is CNC1CCCN(C(=O)Cc2ccc(C)nc2)C1.Cl.Cl. The number of aryl methyl sites for hydroxylation is 1. The molecule has 0 aromatic carbocycles. The Morgan fingerprint density at radius 1 is 1.45 bits per heavy atom. The molecule has 0 bridgehead atoms. The van der Waals surface area contributed by atoms with Gasteiger partial charge in [0.1, 0.15) is 0 Å². The molecule has 1 saturated heterocycles. The van der Waals surface area contributed by atoms with Gasteiger partial charge in [0, 0.05) is 31.0 Å². The molecule has 4 nitrogen and oxygen atoms in total. The van der Waals surface area contributed by atoms with Gasteiger partial charge in [0.25, 0.3) is 0 Å². The Hall–Kier alpha value is -0.840. The minimum absolute atomic E-state index is 0. The second kappa shape index (κ2) is 9.16. The fraction of sp³-hybridized carbons (Fsp3) is 0.571. The molecule has 1 aromatic heterocycles. The van der Waals surface area contributed by atoms with Crippen molar-refractivity contribution >= 4 is 30.7 Å². The number of hydrogen-bond acceptors (Lipinski definition) is 3. The van der Waals surface area contributed by atoms with E-state index in [0.29, 0.717) is 12.5 Å². The number of carbonyl (C=O) groups excluding carboxylic acids is 1. The van der Waals surface area contributed by atoms with Crippen LogP contribution in [0, 0.1) is 6.92 Å². The Labute approximate surface area is 133 Å². The quantitative estimate of drug-likeness (QED) is 0.926. The van der Waals surface area contributed by atoms with Crippen LogP contribution in [-0.2, 0) is 11.2 Å². The summed E-state index contributed by atoms with van der Waals surface area (Å²) >= 11 is 0. The maximum Gasteiger partial charge on any atom is 0.227 e. The van der Waals surface area contributed by atoms with Gasteiger partial charge in [0.2, 0.25) is 5.91 Å². The van der Waals surface area contributed by atoms with E-state index in [1.807, 2.05) is 31.0 Å². The molecule has 1 N–H and O–H groups in total. The Morgan fingerprint density at radius 2 is 2.20 bits per heavy atom. The monoisotopic (exact) mass is 319 g/mol. The number of piperidine rings is 1. The van der Waals surface area contributed by atoms with E-state index in [0.717, 1.165) is 37.2 Å². The lowest BCUT2D eigenvalue weighted by atomic mass is 10.0. The van der Waals surface area contributed by atoms with Crippen LogP contribution in [0.25, 0.3) is 0 Å². The Kier molecular flexibility index (Phi) is 8.78. The van der Waals surface area contributed by atoms with Crippen LogP contribution in [0.2, 0.25) is 0 Å². The first kappa shape index (κ1) is 19.2. The molecule has 1 amide bonds. The first-order valence-electron chi connectivity index (χ1n) is 6.55. The van der Waals surface area contributed by atoms with Gasteiger partial charge in [0.15, 0.2) is 0 Å². The number of likely N-dealkylation sites (tertiary alicyclic amines) is 1. The van der Waals surface area contributed by atoms with Crippen LogP contribution < -0.4 is 5.32 Å². The van der Waals surface area contributed by atoms with Crippen molar-refractivity contribution in [3.63, 3.8) is 0 Å². The summed E-state index contributed by atoms with van der Waals surface area (Å²) in [6.45, 7) is 3.67. The van der Waals surface area contributed by atoms with Crippen LogP contribution in [0.15, 0.2) is 18.3 Å². The van der Waals surface area contributed by atoms with Crippen molar-refractivity contribution in [1.29, 1.82) is 0 Å². The molecule has 1 aromatic rings. The van der Waals surface area contributed by atoms with Crippen molar-refractivity contribution in [3.05, 3.63) is 29.6 Å². The van der Waals surface area contributed by atoms with E-state index in [2.05, 4.69) is 10.3 Å². The van der Waals surface area contributed by atoms with Crippen molar-refractivity contribution < 1.29 is 4.79 Å². The number of amides is 1. The summed E-state index contributed by atoms with van der Waals surface area (Å²) < 4.78 is 0. The van der Waals surface area contributed by atoms with Gasteiger partial charge in [0.05, 0.1) is 6.42 Å². The summed E-state index contributed by atoms with van der Waals surface area (Å²) in [5.41, 5.74) is 1.98. The molecule has 1 atom stereocenters. The molecule has 2 heterocycles. The molecule has 1 aliphatic rings. The smallest absolute Gasteiger partial charge is 0.227 e. The Morgan fingerprint density at radius 3 is 2.80 bits per heavy atom. The van der Waals surface area contributed by atoms with E-state index >= 15 is 0 Å². The van der Waals surface area contributed by atoms with Gasteiger partial charge in [-0.05, 0) is 38.4 Å². The molecule has 114 valence electrons. The summed E-state index contributed by atoms with van der Waals surface area (Å²) in [6, 6.07) is 4.38. The summed E-state index contributed by atoms with van der Waals surface area (Å²) in [6.07, 6.45) is 4.51. The second-order valence-corrected chi connectivity index (χ2v) is 4.95. The molecule has 0 aliphatic carbocycles. The standard InChI is InChI=1S/C14H21N3O.2ClH/c1-11-5-6-12(9-16-11)8-14(18)17-7-3-4-13(10-17)15-2;;/h5-6,9,13,15H,3-4,7-8,10H2,1-2H3;2*1H. The van der Waals surface area contributed by atoms with Gasteiger partial charge in [-0.25, -0.2) is 0 Å². The zero-order valence-corrected chi connectivity index (χ0v) is 13.6. The zero-order valence-electron chi connectivity index (χ0n) is 12.0. The highest BCUT2D eigenvalue weighted by molar-refractivity contribution is 5.85. The van der Waals surface area contributed by atoms with Crippen molar-refractivity contribution in [1.82, 2.24) is 15.2 Å². The predicted octanol–water partition coefficient (Wildman–Crippen LogP) is 1.99. The number of rotatable bonds is 3. The van der Waals surface area contributed by atoms with Crippen LogP contribution in [0.4, 0.5) is 0 Å². The third kappa shape index (κ3) is 5.27. The number of pyridine rings is 1. The highest BCUT2D eigenvalue weighted by Gasteiger charge is 2.22. The van der Waals surface area contributed by atoms with Gasteiger partial charge in [-0.3, -0.25) is 9.78 Å². The van der Waals surface area contributed by atoms with Crippen LogP contribution in [0.5, 0.6) is 0 Å². The summed E-state index contributed by atoms with van der Waals surface area (Å²) in [7, 11) is 1.96. The van der Waals surface area contributed by atoms with E-state index in [-0.39, 0.29) is 30.7 Å². The van der Waals surface area contributed by atoms with Crippen LogP contribution >= 0.6 is 24.8 Å². The molecule has 0 spiro atoms. The maximum absolute atomic E-state index is 12.2. The van der Waals surface area contributed by atoms with Crippen molar-refractivity contribution in [2.45, 2.75) is 32.2 Å². The average molecular weight is 320 g/mol. The molecular formula is C14H23Cl2N3O. The third-order valence-electron chi connectivity index (χ3n) is 3.51. The zero-order chi connectivity index (χ0) is 13.0. The van der Waals surface area contributed by atoms with Crippen molar-refractivity contribution in [2.24, 2.45) is 0 Å². The normalized spacial score (nSPS) is 17.9. The molecule has 6 heteroatoms. The molecule has 0 saturated carbocycles. The molecule has 0 radical (unpaired) electrons. The van der Waals surface area contributed by atoms with Crippen molar-refractivity contribution in [3.8, 4) is 0 Å². The highest BCUT2D eigenvalue weighted by Crippen LogP contribution is 2.12. The number of halogens is 2. The number of nitrogens with one attached hydrogen (secondary N) is 1. The number of likely N-dealkylation sites (N-methyl/N-ethyl adjacent to an activating group) is 1. The van der Waals surface area contributed by atoms with Crippen molar-refractivity contribution in [2.75, 3.05) is 20.1 Å². The third-order valence-corrected chi connectivity index (χ3v) is 3.51. The van der Waals surface area contributed by atoms with E-state index in [1.165, 1.54) is 0 Å². The van der Waals surface area contributed by atoms with Gasteiger partial charge < -0.3 is 10.2 Å².